The van der Waals surface area contributed by atoms with Crippen LogP contribution in [0.25, 0.3) is 5.65 Å². The van der Waals surface area contributed by atoms with E-state index < -0.39 is 0 Å². The first-order chi connectivity index (χ1) is 9.08. The van der Waals surface area contributed by atoms with Gasteiger partial charge < -0.3 is 10.2 Å². The summed E-state index contributed by atoms with van der Waals surface area (Å²) in [6, 6.07) is 4.04. The lowest BCUT2D eigenvalue weighted by Crippen LogP contribution is -2.17. The number of anilines is 1. The molecule has 0 amide bonds. The summed E-state index contributed by atoms with van der Waals surface area (Å²) >= 11 is 0. The predicted octanol–water partition coefficient (Wildman–Crippen LogP) is 2.22. The number of aromatic nitrogens is 3. The molecule has 5 heteroatoms. The Balaban J connectivity index is 2.13. The van der Waals surface area contributed by atoms with Crippen LogP contribution in [0.2, 0.25) is 0 Å². The molecule has 0 fully saturated rings. The molecule has 0 aliphatic carbocycles. The van der Waals surface area contributed by atoms with Gasteiger partial charge >= 0.3 is 0 Å². The number of nitrogens with zero attached hydrogens (tertiary/aromatic N) is 4. The molecule has 19 heavy (non-hydrogen) atoms. The number of hydrogen-bond acceptors (Lipinski definition) is 4. The summed E-state index contributed by atoms with van der Waals surface area (Å²) in [7, 11) is 4.18. The maximum absolute atomic E-state index is 4.60. The van der Waals surface area contributed by atoms with E-state index in [1.54, 1.807) is 6.20 Å². The third-order valence-electron chi connectivity index (χ3n) is 3.06. The van der Waals surface area contributed by atoms with Crippen LogP contribution in [0.15, 0.2) is 18.3 Å². The van der Waals surface area contributed by atoms with E-state index >= 15 is 0 Å². The Bertz CT molecular complexity index is 530. The van der Waals surface area contributed by atoms with E-state index in [1.807, 2.05) is 10.6 Å². The maximum Gasteiger partial charge on any atom is 0.157 e. The number of hydrogen-bond donors (Lipinski definition) is 1. The zero-order valence-electron chi connectivity index (χ0n) is 12.2. The zero-order chi connectivity index (χ0) is 13.8. The molecule has 2 aromatic rings. The van der Waals surface area contributed by atoms with Crippen LogP contribution in [-0.4, -0.2) is 46.7 Å². The van der Waals surface area contributed by atoms with Gasteiger partial charge in [-0.3, -0.25) is 0 Å². The van der Waals surface area contributed by atoms with E-state index in [4.69, 9.17) is 0 Å². The van der Waals surface area contributed by atoms with Crippen LogP contribution in [0.3, 0.4) is 0 Å². The van der Waals surface area contributed by atoms with Gasteiger partial charge in [0, 0.05) is 24.4 Å². The summed E-state index contributed by atoms with van der Waals surface area (Å²) in [5.41, 5.74) is 2.00. The Hall–Kier alpha value is -1.62. The third kappa shape index (κ3) is 3.44. The first-order valence-corrected chi connectivity index (χ1v) is 6.81. The Morgan fingerprint density at radius 2 is 2.16 bits per heavy atom. The fourth-order valence-corrected chi connectivity index (χ4v) is 1.97. The summed E-state index contributed by atoms with van der Waals surface area (Å²) in [6.07, 6.45) is 2.90. The molecule has 0 spiro atoms. The van der Waals surface area contributed by atoms with Gasteiger partial charge in [-0.15, -0.1) is 0 Å². The second kappa shape index (κ2) is 6.02. The van der Waals surface area contributed by atoms with Gasteiger partial charge in [-0.1, -0.05) is 13.8 Å². The van der Waals surface area contributed by atoms with Crippen LogP contribution in [0.5, 0.6) is 0 Å². The van der Waals surface area contributed by atoms with Crippen molar-refractivity contribution in [2.75, 3.05) is 32.5 Å². The van der Waals surface area contributed by atoms with Crippen molar-refractivity contribution in [2.24, 2.45) is 0 Å². The number of nitrogens with one attached hydrogen (secondary N) is 1. The average molecular weight is 261 g/mol. The largest absolute Gasteiger partial charge is 0.370 e. The van der Waals surface area contributed by atoms with E-state index in [1.165, 1.54) is 0 Å². The van der Waals surface area contributed by atoms with Gasteiger partial charge in [0.15, 0.2) is 5.65 Å². The lowest BCUT2D eigenvalue weighted by atomic mass is 10.1. The zero-order valence-corrected chi connectivity index (χ0v) is 12.2. The number of fused-ring (bicyclic) bond motifs is 1. The third-order valence-corrected chi connectivity index (χ3v) is 3.06. The second-order valence-corrected chi connectivity index (χ2v) is 5.41. The Kier molecular flexibility index (Phi) is 4.37. The minimum atomic E-state index is 0.419. The lowest BCUT2D eigenvalue weighted by molar-refractivity contribution is 0.405. The van der Waals surface area contributed by atoms with Crippen molar-refractivity contribution < 1.29 is 0 Å². The molecule has 0 aromatic carbocycles. The molecule has 2 rings (SSSR count). The van der Waals surface area contributed by atoms with Crippen LogP contribution < -0.4 is 5.32 Å². The maximum atomic E-state index is 4.60. The monoisotopic (exact) mass is 261 g/mol. The lowest BCUT2D eigenvalue weighted by Gasteiger charge is -2.13. The average Bonchev–Trinajstić information content (AvgIpc) is 2.82. The molecule has 0 unspecified atom stereocenters. The minimum Gasteiger partial charge on any atom is -0.370 e. The molecule has 1 N–H and O–H groups in total. The van der Waals surface area contributed by atoms with E-state index in [9.17, 15) is 0 Å². The Labute approximate surface area is 114 Å². The molecule has 0 saturated heterocycles. The van der Waals surface area contributed by atoms with Gasteiger partial charge in [0.05, 0.1) is 6.20 Å². The van der Waals surface area contributed by atoms with E-state index in [0.717, 1.165) is 36.7 Å². The highest BCUT2D eigenvalue weighted by Gasteiger charge is 2.08. The first kappa shape index (κ1) is 13.8. The summed E-state index contributed by atoms with van der Waals surface area (Å²) < 4.78 is 1.86. The topological polar surface area (TPSA) is 45.5 Å². The molecule has 104 valence electrons. The fourth-order valence-electron chi connectivity index (χ4n) is 1.97. The van der Waals surface area contributed by atoms with Crippen LogP contribution in [0, 0.1) is 0 Å². The van der Waals surface area contributed by atoms with Crippen molar-refractivity contribution in [3.8, 4) is 0 Å². The van der Waals surface area contributed by atoms with Crippen LogP contribution in [0.4, 0.5) is 5.82 Å². The SMILES string of the molecule is CC(C)c1cc(NCCCN(C)C)n2nccc2n1. The highest BCUT2D eigenvalue weighted by Crippen LogP contribution is 2.18. The first-order valence-electron chi connectivity index (χ1n) is 6.81. The minimum absolute atomic E-state index is 0.419. The molecule has 5 nitrogen and oxygen atoms in total. The molecule has 2 heterocycles. The van der Waals surface area contributed by atoms with Crippen molar-refractivity contribution in [3.63, 3.8) is 0 Å². The fraction of sp³-hybridized carbons (Fsp3) is 0.571. The standard InChI is InChI=1S/C14H23N5/c1-11(2)12-10-14(15-7-5-9-18(3)4)19-13(17-12)6-8-16-19/h6,8,10-11,15H,5,7,9H2,1-4H3. The molecule has 0 bridgehead atoms. The van der Waals surface area contributed by atoms with E-state index in [-0.39, 0.29) is 0 Å². The molecule has 0 aliphatic rings. The Morgan fingerprint density at radius 3 is 2.84 bits per heavy atom. The van der Waals surface area contributed by atoms with Gasteiger partial charge in [-0.05, 0) is 33.0 Å². The van der Waals surface area contributed by atoms with Crippen molar-refractivity contribution in [3.05, 3.63) is 24.0 Å². The summed E-state index contributed by atoms with van der Waals surface area (Å²) in [5.74, 6) is 1.44. The normalized spacial score (nSPS) is 11.7. The number of rotatable bonds is 6. The smallest absolute Gasteiger partial charge is 0.157 e. The van der Waals surface area contributed by atoms with Gasteiger partial charge in [0.25, 0.3) is 0 Å². The molecular formula is C14H23N5. The van der Waals surface area contributed by atoms with Gasteiger partial charge in [0.1, 0.15) is 5.82 Å². The molecule has 0 atom stereocenters. The second-order valence-electron chi connectivity index (χ2n) is 5.41. The molecule has 0 radical (unpaired) electrons. The van der Waals surface area contributed by atoms with Gasteiger partial charge in [-0.25, -0.2) is 4.98 Å². The van der Waals surface area contributed by atoms with Crippen molar-refractivity contribution in [1.29, 1.82) is 0 Å². The van der Waals surface area contributed by atoms with Crippen LogP contribution in [-0.2, 0) is 0 Å². The van der Waals surface area contributed by atoms with Gasteiger partial charge in [0.2, 0.25) is 0 Å². The van der Waals surface area contributed by atoms with Gasteiger partial charge in [-0.2, -0.15) is 9.61 Å². The van der Waals surface area contributed by atoms with E-state index in [0.29, 0.717) is 5.92 Å². The summed E-state index contributed by atoms with van der Waals surface area (Å²) in [6.45, 7) is 6.34. The van der Waals surface area contributed by atoms with Crippen LogP contribution >= 0.6 is 0 Å². The summed E-state index contributed by atoms with van der Waals surface area (Å²) in [5, 5.41) is 7.77. The van der Waals surface area contributed by atoms with Crippen molar-refractivity contribution >= 4 is 11.5 Å². The quantitative estimate of drug-likeness (QED) is 0.810. The highest BCUT2D eigenvalue weighted by atomic mass is 15.3. The van der Waals surface area contributed by atoms with Crippen LogP contribution in [0.1, 0.15) is 31.9 Å². The highest BCUT2D eigenvalue weighted by molar-refractivity contribution is 5.49. The predicted molar refractivity (Wildman–Crippen MR) is 78.7 cm³/mol. The molecule has 2 aromatic heterocycles. The molecule has 0 aliphatic heterocycles. The Morgan fingerprint density at radius 1 is 1.37 bits per heavy atom. The molecular weight excluding hydrogens is 238 g/mol. The summed E-state index contributed by atoms with van der Waals surface area (Å²) in [4.78, 5) is 6.80. The van der Waals surface area contributed by atoms with E-state index in [2.05, 4.69) is 54.3 Å². The van der Waals surface area contributed by atoms with Crippen molar-refractivity contribution in [2.45, 2.75) is 26.2 Å². The molecule has 0 saturated carbocycles. The van der Waals surface area contributed by atoms with Crippen molar-refractivity contribution in [1.82, 2.24) is 19.5 Å².